The van der Waals surface area contributed by atoms with Crippen LogP contribution in [0.15, 0.2) is 29.2 Å². The average molecular weight is 377 g/mol. The van der Waals surface area contributed by atoms with Gasteiger partial charge in [0.1, 0.15) is 4.90 Å². The van der Waals surface area contributed by atoms with Gasteiger partial charge in [-0.25, -0.2) is 13.2 Å². The van der Waals surface area contributed by atoms with Gasteiger partial charge < -0.3 is 9.64 Å². The Labute approximate surface area is 145 Å². The zero-order valence-corrected chi connectivity index (χ0v) is 14.7. The Balaban J connectivity index is 1.94. The maximum Gasteiger partial charge on any atom is 0.413 e. The van der Waals surface area contributed by atoms with Crippen LogP contribution < -0.4 is 10.2 Å². The fourth-order valence-corrected chi connectivity index (χ4v) is 4.38. The molecule has 0 spiro atoms. The minimum Gasteiger partial charge on any atom is -0.453 e. The van der Waals surface area contributed by atoms with E-state index in [2.05, 4.69) is 10.1 Å². The van der Waals surface area contributed by atoms with Crippen LogP contribution in [-0.2, 0) is 19.6 Å². The molecule has 1 aromatic rings. The molecular weight excluding hydrogens is 358 g/mol. The lowest BCUT2D eigenvalue weighted by atomic mass is 10.3. The standard InChI is InChI=1S/C14H18ClN3O5S/c1-23-14(20)16-13(19)10-17-6-8-18(9-7-17)24(21,22)12-5-3-2-4-11(12)15/h2-5H,6-10H2,1H3,(H,16,19,20)/p+1. The van der Waals surface area contributed by atoms with Gasteiger partial charge in [0.2, 0.25) is 10.0 Å². The Bertz CT molecular complexity index is 717. The van der Waals surface area contributed by atoms with Crippen LogP contribution >= 0.6 is 11.6 Å². The smallest absolute Gasteiger partial charge is 0.413 e. The molecule has 0 atom stereocenters. The minimum absolute atomic E-state index is 0.0785. The molecule has 0 saturated carbocycles. The fraction of sp³-hybridized carbons (Fsp3) is 0.429. The Morgan fingerprint density at radius 1 is 1.29 bits per heavy atom. The molecule has 2 N–H and O–H groups in total. The normalized spacial score (nSPS) is 16.6. The first kappa shape index (κ1) is 18.7. The highest BCUT2D eigenvalue weighted by atomic mass is 35.5. The number of sulfonamides is 1. The van der Waals surface area contributed by atoms with Crippen LogP contribution in [0.3, 0.4) is 0 Å². The van der Waals surface area contributed by atoms with Crippen LogP contribution in [0.5, 0.6) is 0 Å². The molecule has 1 heterocycles. The molecule has 10 heteroatoms. The van der Waals surface area contributed by atoms with Crippen molar-refractivity contribution in [2.75, 3.05) is 39.8 Å². The number of alkyl carbamates (subject to hydrolysis) is 1. The highest BCUT2D eigenvalue weighted by molar-refractivity contribution is 7.89. The molecule has 0 bridgehead atoms. The SMILES string of the molecule is COC(=O)NC(=O)C[NH+]1CCN(S(=O)(=O)c2ccccc2Cl)CC1. The monoisotopic (exact) mass is 376 g/mol. The van der Waals surface area contributed by atoms with E-state index < -0.39 is 22.0 Å². The first-order chi connectivity index (χ1) is 11.3. The van der Waals surface area contributed by atoms with Gasteiger partial charge in [0, 0.05) is 0 Å². The van der Waals surface area contributed by atoms with Crippen LogP contribution in [0.1, 0.15) is 0 Å². The molecule has 2 amide bonds. The van der Waals surface area contributed by atoms with Crippen molar-refractivity contribution in [3.63, 3.8) is 0 Å². The van der Waals surface area contributed by atoms with Crippen LogP contribution in [0.25, 0.3) is 0 Å². The molecule has 132 valence electrons. The molecule has 1 aliphatic heterocycles. The molecule has 1 saturated heterocycles. The number of quaternary nitrogens is 1. The third kappa shape index (κ3) is 4.44. The summed E-state index contributed by atoms with van der Waals surface area (Å²) in [5, 5.41) is 2.27. The van der Waals surface area contributed by atoms with Crippen molar-refractivity contribution in [3.05, 3.63) is 29.3 Å². The van der Waals surface area contributed by atoms with Crippen molar-refractivity contribution >= 4 is 33.6 Å². The second-order valence-electron chi connectivity index (χ2n) is 5.30. The zero-order chi connectivity index (χ0) is 17.7. The maximum absolute atomic E-state index is 12.6. The van der Waals surface area contributed by atoms with E-state index in [1.807, 2.05) is 0 Å². The summed E-state index contributed by atoms with van der Waals surface area (Å²) in [5.74, 6) is -0.459. The van der Waals surface area contributed by atoms with E-state index >= 15 is 0 Å². The number of halogens is 1. The van der Waals surface area contributed by atoms with Crippen LogP contribution in [0.2, 0.25) is 5.02 Å². The van der Waals surface area contributed by atoms with E-state index in [1.54, 1.807) is 12.1 Å². The summed E-state index contributed by atoms with van der Waals surface area (Å²) >= 11 is 5.98. The zero-order valence-electron chi connectivity index (χ0n) is 13.1. The number of carbonyl (C=O) groups excluding carboxylic acids is 2. The van der Waals surface area contributed by atoms with Gasteiger partial charge in [-0.15, -0.1) is 0 Å². The van der Waals surface area contributed by atoms with Gasteiger partial charge >= 0.3 is 6.09 Å². The van der Waals surface area contributed by atoms with E-state index in [4.69, 9.17) is 11.6 Å². The van der Waals surface area contributed by atoms with Crippen LogP contribution in [-0.4, -0.2) is 64.6 Å². The van der Waals surface area contributed by atoms with Crippen LogP contribution in [0.4, 0.5) is 4.79 Å². The molecule has 1 fully saturated rings. The predicted octanol–water partition coefficient (Wildman–Crippen LogP) is -0.888. The lowest BCUT2D eigenvalue weighted by molar-refractivity contribution is -0.895. The van der Waals surface area contributed by atoms with E-state index in [0.29, 0.717) is 13.1 Å². The number of hydrogen-bond acceptors (Lipinski definition) is 5. The molecule has 1 aromatic carbocycles. The Kier molecular flexibility index (Phi) is 6.16. The summed E-state index contributed by atoms with van der Waals surface area (Å²) in [6.07, 6.45) is -0.806. The predicted molar refractivity (Wildman–Crippen MR) is 86.3 cm³/mol. The summed E-state index contributed by atoms with van der Waals surface area (Å²) in [7, 11) is -2.48. The first-order valence-corrected chi connectivity index (χ1v) is 9.12. The highest BCUT2D eigenvalue weighted by Gasteiger charge is 2.32. The van der Waals surface area contributed by atoms with Gasteiger partial charge in [0.25, 0.3) is 5.91 Å². The number of methoxy groups -OCH3 is 1. The van der Waals surface area contributed by atoms with Gasteiger partial charge in [-0.3, -0.25) is 10.1 Å². The van der Waals surface area contributed by atoms with Crippen LogP contribution in [0, 0.1) is 0 Å². The quantitative estimate of drug-likeness (QED) is 0.710. The number of piperazine rings is 1. The number of carbonyl (C=O) groups is 2. The maximum atomic E-state index is 12.6. The fourth-order valence-electron chi connectivity index (χ4n) is 2.45. The van der Waals surface area contributed by atoms with Crippen molar-refractivity contribution < 1.29 is 27.6 Å². The molecule has 0 unspecified atom stereocenters. The van der Waals surface area contributed by atoms with E-state index in [9.17, 15) is 18.0 Å². The van der Waals surface area contributed by atoms with E-state index in [1.165, 1.54) is 23.5 Å². The molecular formula is C14H19ClN3O5S+. The summed E-state index contributed by atoms with van der Waals surface area (Å²) in [4.78, 5) is 23.6. The molecule has 0 radical (unpaired) electrons. The number of nitrogens with zero attached hydrogens (tertiary/aromatic N) is 1. The lowest BCUT2D eigenvalue weighted by Crippen LogP contribution is -3.15. The largest absolute Gasteiger partial charge is 0.453 e. The van der Waals surface area contributed by atoms with Crippen molar-refractivity contribution in [2.24, 2.45) is 0 Å². The lowest BCUT2D eigenvalue weighted by Gasteiger charge is -2.31. The topological polar surface area (TPSA) is 97.2 Å². The van der Waals surface area contributed by atoms with Crippen molar-refractivity contribution in [3.8, 4) is 0 Å². The molecule has 24 heavy (non-hydrogen) atoms. The van der Waals surface area contributed by atoms with Gasteiger partial charge in [-0.2, -0.15) is 4.31 Å². The number of rotatable bonds is 4. The molecule has 8 nitrogen and oxygen atoms in total. The molecule has 0 aliphatic carbocycles. The number of nitrogens with one attached hydrogen (secondary N) is 2. The second kappa shape index (κ2) is 7.93. The van der Waals surface area contributed by atoms with Gasteiger partial charge in [-0.05, 0) is 12.1 Å². The number of amides is 2. The second-order valence-corrected chi connectivity index (χ2v) is 7.61. The van der Waals surface area contributed by atoms with E-state index in [0.717, 1.165) is 4.90 Å². The minimum atomic E-state index is -3.65. The molecule has 0 aromatic heterocycles. The average Bonchev–Trinajstić information content (AvgIpc) is 2.55. The summed E-state index contributed by atoms with van der Waals surface area (Å²) in [6, 6.07) is 6.30. The van der Waals surface area contributed by atoms with E-state index in [-0.39, 0.29) is 29.6 Å². The van der Waals surface area contributed by atoms with Crippen molar-refractivity contribution in [1.82, 2.24) is 9.62 Å². The van der Waals surface area contributed by atoms with Gasteiger partial charge in [0.05, 0.1) is 38.3 Å². The molecule has 1 aliphatic rings. The first-order valence-electron chi connectivity index (χ1n) is 7.30. The highest BCUT2D eigenvalue weighted by Crippen LogP contribution is 2.23. The summed E-state index contributed by atoms with van der Waals surface area (Å²) in [5.41, 5.74) is 0. The van der Waals surface area contributed by atoms with Crippen molar-refractivity contribution in [2.45, 2.75) is 4.90 Å². The Hall–Kier alpha value is -1.68. The number of ether oxygens (including phenoxy) is 1. The number of imide groups is 1. The third-order valence-corrected chi connectivity index (χ3v) is 6.12. The van der Waals surface area contributed by atoms with Gasteiger partial charge in [0.15, 0.2) is 6.54 Å². The van der Waals surface area contributed by atoms with Gasteiger partial charge in [-0.1, -0.05) is 23.7 Å². The Morgan fingerprint density at radius 2 is 1.92 bits per heavy atom. The Morgan fingerprint density at radius 3 is 2.50 bits per heavy atom. The third-order valence-electron chi connectivity index (χ3n) is 3.72. The molecule has 2 rings (SSSR count). The van der Waals surface area contributed by atoms with Crippen molar-refractivity contribution in [1.29, 1.82) is 0 Å². The number of benzene rings is 1. The summed E-state index contributed by atoms with van der Waals surface area (Å²) < 4.78 is 30.9. The summed E-state index contributed by atoms with van der Waals surface area (Å²) in [6.45, 7) is 1.54. The number of hydrogen-bond donors (Lipinski definition) is 2.